The molecule has 0 saturated carbocycles. The number of aryl methyl sites for hydroxylation is 2. The fourth-order valence-corrected chi connectivity index (χ4v) is 3.62. The smallest absolute Gasteiger partial charge is 0.274 e. The molecule has 0 atom stereocenters. The summed E-state index contributed by atoms with van der Waals surface area (Å²) in [5.41, 5.74) is 0.0972. The third-order valence-electron chi connectivity index (χ3n) is 4.69. The number of aromatic nitrogens is 5. The summed E-state index contributed by atoms with van der Waals surface area (Å²) < 4.78 is 2.77. The van der Waals surface area contributed by atoms with Gasteiger partial charge in [0.25, 0.3) is 11.5 Å². The normalized spacial score (nSPS) is 14.9. The van der Waals surface area contributed by atoms with E-state index in [9.17, 15) is 14.4 Å². The van der Waals surface area contributed by atoms with Gasteiger partial charge in [-0.05, 0) is 35.3 Å². The molecule has 3 heterocycles. The van der Waals surface area contributed by atoms with Gasteiger partial charge >= 0.3 is 0 Å². The number of nitrogens with one attached hydrogen (secondary N) is 1. The quantitative estimate of drug-likeness (QED) is 0.721. The van der Waals surface area contributed by atoms with E-state index in [1.165, 1.54) is 21.5 Å². The van der Waals surface area contributed by atoms with Gasteiger partial charge in [-0.3, -0.25) is 14.4 Å². The number of piperidine rings is 1. The van der Waals surface area contributed by atoms with Crippen molar-refractivity contribution in [2.24, 2.45) is 20.0 Å². The monoisotopic (exact) mass is 405 g/mol. The maximum Gasteiger partial charge on any atom is 0.274 e. The van der Waals surface area contributed by atoms with E-state index in [0.29, 0.717) is 29.7 Å². The molecular weight excluding hydrogens is 382 g/mol. The Bertz CT molecular complexity index is 931. The Morgan fingerprint density at radius 3 is 2.64 bits per heavy atom. The largest absolute Gasteiger partial charge is 0.339 e. The Labute approximate surface area is 166 Å². The first-order chi connectivity index (χ1) is 13.3. The van der Waals surface area contributed by atoms with E-state index in [4.69, 9.17) is 0 Å². The van der Waals surface area contributed by atoms with Gasteiger partial charge in [0.15, 0.2) is 0 Å². The Morgan fingerprint density at radius 1 is 1.29 bits per heavy atom. The summed E-state index contributed by atoms with van der Waals surface area (Å²) >= 11 is 1.16. The highest BCUT2D eigenvalue weighted by Crippen LogP contribution is 2.19. The number of carbonyl (C=O) groups is 2. The fourth-order valence-electron chi connectivity index (χ4n) is 2.97. The highest BCUT2D eigenvalue weighted by molar-refractivity contribution is 7.99. The molecule has 1 N–H and O–H groups in total. The zero-order chi connectivity index (χ0) is 20.3. The van der Waals surface area contributed by atoms with Crippen LogP contribution in [-0.2, 0) is 18.9 Å². The second kappa shape index (κ2) is 8.55. The lowest BCUT2D eigenvalue weighted by Gasteiger charge is -2.30. The van der Waals surface area contributed by atoms with Gasteiger partial charge in [0.2, 0.25) is 11.1 Å². The van der Waals surface area contributed by atoms with Crippen LogP contribution >= 0.6 is 11.8 Å². The Morgan fingerprint density at radius 2 is 2.00 bits per heavy atom. The minimum Gasteiger partial charge on any atom is -0.339 e. The van der Waals surface area contributed by atoms with Crippen LogP contribution in [0.2, 0.25) is 0 Å². The highest BCUT2D eigenvalue weighted by atomic mass is 32.2. The van der Waals surface area contributed by atoms with Crippen LogP contribution in [0, 0.1) is 5.92 Å². The first kappa shape index (κ1) is 20.1. The van der Waals surface area contributed by atoms with Gasteiger partial charge in [-0.25, -0.2) is 4.68 Å². The van der Waals surface area contributed by atoms with Crippen LogP contribution in [0.5, 0.6) is 0 Å². The van der Waals surface area contributed by atoms with E-state index in [0.717, 1.165) is 24.6 Å². The molecular formula is C17H23N7O3S. The zero-order valence-corrected chi connectivity index (χ0v) is 16.9. The van der Waals surface area contributed by atoms with Crippen LogP contribution in [0.4, 0.5) is 5.69 Å². The summed E-state index contributed by atoms with van der Waals surface area (Å²) in [4.78, 5) is 39.2. The molecule has 0 spiro atoms. The molecule has 0 aromatic carbocycles. The van der Waals surface area contributed by atoms with Gasteiger partial charge in [0.05, 0.1) is 11.3 Å². The summed E-state index contributed by atoms with van der Waals surface area (Å²) in [5, 5.41) is 14.1. The van der Waals surface area contributed by atoms with Crippen molar-refractivity contribution in [1.29, 1.82) is 0 Å². The summed E-state index contributed by atoms with van der Waals surface area (Å²) in [6.45, 7) is 3.58. The number of carbonyl (C=O) groups excluding carboxylic acids is 2. The average Bonchev–Trinajstić information content (AvgIpc) is 3.08. The van der Waals surface area contributed by atoms with E-state index < -0.39 is 0 Å². The molecule has 2 amide bonds. The number of pyridine rings is 1. The average molecular weight is 405 g/mol. The van der Waals surface area contributed by atoms with Gasteiger partial charge in [-0.15, -0.1) is 5.10 Å². The lowest BCUT2D eigenvalue weighted by Crippen LogP contribution is -2.38. The molecule has 0 radical (unpaired) electrons. The number of nitrogens with zero attached hydrogens (tertiary/aromatic N) is 6. The number of hydrogen-bond acceptors (Lipinski definition) is 7. The van der Waals surface area contributed by atoms with E-state index in [-0.39, 0.29) is 28.8 Å². The van der Waals surface area contributed by atoms with Crippen molar-refractivity contribution < 1.29 is 9.59 Å². The molecule has 10 nitrogen and oxygen atoms in total. The number of amides is 2. The van der Waals surface area contributed by atoms with Gasteiger partial charge in [-0.2, -0.15) is 0 Å². The molecule has 11 heteroatoms. The molecule has 150 valence electrons. The Hall–Kier alpha value is -2.69. The lowest BCUT2D eigenvalue weighted by molar-refractivity contribution is -0.113. The van der Waals surface area contributed by atoms with Crippen molar-refractivity contribution in [2.45, 2.75) is 24.9 Å². The summed E-state index contributed by atoms with van der Waals surface area (Å²) in [7, 11) is 3.24. The molecule has 28 heavy (non-hydrogen) atoms. The minimum absolute atomic E-state index is 0.0412. The first-order valence-electron chi connectivity index (χ1n) is 9.00. The maximum absolute atomic E-state index is 12.8. The predicted octanol–water partition coefficient (Wildman–Crippen LogP) is 0.512. The number of rotatable bonds is 5. The van der Waals surface area contributed by atoms with Gasteiger partial charge < -0.3 is 14.8 Å². The van der Waals surface area contributed by atoms with E-state index in [1.807, 2.05) is 0 Å². The third-order valence-corrected chi connectivity index (χ3v) is 5.70. The van der Waals surface area contributed by atoms with Crippen LogP contribution in [0.3, 0.4) is 0 Å². The van der Waals surface area contributed by atoms with E-state index >= 15 is 0 Å². The first-order valence-corrected chi connectivity index (χ1v) is 9.98. The number of tetrazole rings is 1. The van der Waals surface area contributed by atoms with Crippen molar-refractivity contribution >= 4 is 29.3 Å². The summed E-state index contributed by atoms with van der Waals surface area (Å²) in [5.74, 6) is 0.152. The minimum atomic E-state index is -0.374. The molecule has 3 rings (SSSR count). The summed E-state index contributed by atoms with van der Waals surface area (Å²) in [6, 6.07) is 1.45. The maximum atomic E-state index is 12.8. The number of hydrogen-bond donors (Lipinski definition) is 1. The lowest BCUT2D eigenvalue weighted by atomic mass is 9.99. The molecule has 0 aliphatic carbocycles. The van der Waals surface area contributed by atoms with Crippen molar-refractivity contribution in [1.82, 2.24) is 29.7 Å². The van der Waals surface area contributed by atoms with Crippen molar-refractivity contribution in [3.63, 3.8) is 0 Å². The van der Waals surface area contributed by atoms with E-state index in [2.05, 4.69) is 27.8 Å². The molecule has 1 fully saturated rings. The van der Waals surface area contributed by atoms with Crippen LogP contribution < -0.4 is 10.9 Å². The number of anilines is 1. The topological polar surface area (TPSA) is 115 Å². The second-order valence-electron chi connectivity index (χ2n) is 6.96. The van der Waals surface area contributed by atoms with Crippen molar-refractivity contribution in [3.05, 3.63) is 28.2 Å². The highest BCUT2D eigenvalue weighted by Gasteiger charge is 2.23. The van der Waals surface area contributed by atoms with Crippen LogP contribution in [0.1, 0.15) is 30.1 Å². The zero-order valence-electron chi connectivity index (χ0n) is 16.1. The van der Waals surface area contributed by atoms with Crippen LogP contribution in [0.15, 0.2) is 22.2 Å². The van der Waals surface area contributed by atoms with Gasteiger partial charge in [0, 0.05) is 33.4 Å². The molecule has 0 bridgehead atoms. The van der Waals surface area contributed by atoms with Crippen LogP contribution in [-0.4, -0.2) is 60.3 Å². The Kier molecular flexibility index (Phi) is 6.12. The number of thioether (sulfide) groups is 1. The molecule has 2 aromatic rings. The van der Waals surface area contributed by atoms with Crippen molar-refractivity contribution in [3.8, 4) is 0 Å². The molecule has 0 unspecified atom stereocenters. The second-order valence-corrected chi connectivity index (χ2v) is 7.90. The molecule has 1 aliphatic heterocycles. The van der Waals surface area contributed by atoms with Gasteiger partial charge in [0.1, 0.15) is 5.69 Å². The third kappa shape index (κ3) is 4.58. The fraction of sp³-hybridized carbons (Fsp3) is 0.529. The van der Waals surface area contributed by atoms with E-state index in [1.54, 1.807) is 19.0 Å². The predicted molar refractivity (Wildman–Crippen MR) is 104 cm³/mol. The van der Waals surface area contributed by atoms with Crippen LogP contribution in [0.25, 0.3) is 0 Å². The molecule has 1 aliphatic rings. The SMILES string of the molecule is CC1CCN(C(=O)c2cc(NC(=O)CSc3nnnn3C)c(=O)n(C)c2)CC1. The molecule has 2 aromatic heterocycles. The Balaban J connectivity index is 1.70. The number of likely N-dealkylation sites (tertiary alicyclic amines) is 1. The summed E-state index contributed by atoms with van der Waals surface area (Å²) in [6.07, 6.45) is 3.45. The standard InChI is InChI=1S/C17H23N7O3S/c1-11-4-6-24(7-5-11)15(26)12-8-13(16(27)22(2)9-12)18-14(25)10-28-17-19-20-21-23(17)3/h8-9,11H,4-7,10H2,1-3H3,(H,18,25). The van der Waals surface area contributed by atoms with Crippen molar-refractivity contribution in [2.75, 3.05) is 24.2 Å². The van der Waals surface area contributed by atoms with Gasteiger partial charge in [-0.1, -0.05) is 18.7 Å². The molecule has 1 saturated heterocycles.